The lowest BCUT2D eigenvalue weighted by Crippen LogP contribution is -2.26. The molecule has 0 saturated heterocycles. The maximum Gasteiger partial charge on any atom is 0.0587 e. The molecule has 0 aliphatic carbocycles. The van der Waals surface area contributed by atoms with E-state index >= 15 is 0 Å². The van der Waals surface area contributed by atoms with Gasteiger partial charge in [0.25, 0.3) is 0 Å². The van der Waals surface area contributed by atoms with Crippen LogP contribution in [-0.2, 0) is 9.47 Å². The van der Waals surface area contributed by atoms with Crippen molar-refractivity contribution < 1.29 is 9.47 Å². The Labute approximate surface area is 134 Å². The number of benzene rings is 1. The van der Waals surface area contributed by atoms with E-state index in [1.54, 1.807) is 7.11 Å². The summed E-state index contributed by atoms with van der Waals surface area (Å²) in [6.45, 7) is 8.43. The zero-order chi connectivity index (χ0) is 15.5. The molecule has 1 rings (SSSR count). The molecule has 0 radical (unpaired) electrons. The molecule has 1 aromatic rings. The summed E-state index contributed by atoms with van der Waals surface area (Å²) >= 11 is 6.10. The van der Waals surface area contributed by atoms with Crippen LogP contribution < -0.4 is 5.32 Å². The van der Waals surface area contributed by atoms with Crippen LogP contribution in [0.3, 0.4) is 0 Å². The van der Waals surface area contributed by atoms with Gasteiger partial charge in [-0.2, -0.15) is 0 Å². The molecule has 3 nitrogen and oxygen atoms in total. The van der Waals surface area contributed by atoms with E-state index in [9.17, 15) is 0 Å². The zero-order valence-corrected chi connectivity index (χ0v) is 14.2. The zero-order valence-electron chi connectivity index (χ0n) is 13.4. The van der Waals surface area contributed by atoms with Gasteiger partial charge in [0.05, 0.1) is 6.61 Å². The fourth-order valence-electron chi connectivity index (χ4n) is 2.14. The summed E-state index contributed by atoms with van der Waals surface area (Å²) in [5.41, 5.74) is 1.26. The largest absolute Gasteiger partial charge is 0.383 e. The number of rotatable bonds is 11. The van der Waals surface area contributed by atoms with Crippen molar-refractivity contribution in [2.45, 2.75) is 26.2 Å². The Morgan fingerprint density at radius 2 is 2.05 bits per heavy atom. The molecule has 1 aromatic carbocycles. The normalized spacial score (nSPS) is 12.8. The van der Waals surface area contributed by atoms with Gasteiger partial charge in [-0.15, -0.1) is 0 Å². The lowest BCUT2D eigenvalue weighted by atomic mass is 9.96. The second-order valence-corrected chi connectivity index (χ2v) is 6.14. The second kappa shape index (κ2) is 11.0. The highest BCUT2D eigenvalue weighted by Crippen LogP contribution is 2.22. The summed E-state index contributed by atoms with van der Waals surface area (Å²) in [5.74, 6) is 0.988. The Hall–Kier alpha value is -0.610. The van der Waals surface area contributed by atoms with Gasteiger partial charge < -0.3 is 14.8 Å². The molecule has 120 valence electrons. The first kappa shape index (κ1) is 18.4. The molecule has 0 fully saturated rings. The number of nitrogens with one attached hydrogen (secondary N) is 1. The Kier molecular flexibility index (Phi) is 9.68. The SMILES string of the molecule is COCCNCC(CCOCC(C)C)c1cccc(Cl)c1. The van der Waals surface area contributed by atoms with Crippen LogP contribution in [0.15, 0.2) is 24.3 Å². The van der Waals surface area contributed by atoms with Gasteiger partial charge in [-0.25, -0.2) is 0 Å². The van der Waals surface area contributed by atoms with E-state index in [2.05, 4.69) is 25.2 Å². The summed E-state index contributed by atoms with van der Waals surface area (Å²) in [6.07, 6.45) is 0.993. The molecule has 0 aromatic heterocycles. The highest BCUT2D eigenvalue weighted by Gasteiger charge is 2.12. The topological polar surface area (TPSA) is 30.5 Å². The molecule has 21 heavy (non-hydrogen) atoms. The smallest absolute Gasteiger partial charge is 0.0587 e. The Bertz CT molecular complexity index is 385. The van der Waals surface area contributed by atoms with Crippen LogP contribution in [0.5, 0.6) is 0 Å². The summed E-state index contributed by atoms with van der Waals surface area (Å²) in [5, 5.41) is 4.22. The lowest BCUT2D eigenvalue weighted by molar-refractivity contribution is 0.103. The van der Waals surface area contributed by atoms with Crippen molar-refractivity contribution in [2.75, 3.05) is 40.0 Å². The van der Waals surface area contributed by atoms with Crippen molar-refractivity contribution in [1.29, 1.82) is 0 Å². The quantitative estimate of drug-likeness (QED) is 0.632. The monoisotopic (exact) mass is 313 g/mol. The van der Waals surface area contributed by atoms with E-state index in [1.165, 1.54) is 5.56 Å². The third-order valence-electron chi connectivity index (χ3n) is 3.26. The maximum absolute atomic E-state index is 6.10. The fraction of sp³-hybridized carbons (Fsp3) is 0.647. The molecule has 0 aliphatic rings. The number of halogens is 1. The van der Waals surface area contributed by atoms with E-state index in [4.69, 9.17) is 21.1 Å². The van der Waals surface area contributed by atoms with Gasteiger partial charge in [0, 0.05) is 38.4 Å². The van der Waals surface area contributed by atoms with E-state index in [1.807, 2.05) is 18.2 Å². The average molecular weight is 314 g/mol. The second-order valence-electron chi connectivity index (χ2n) is 5.71. The van der Waals surface area contributed by atoms with Crippen molar-refractivity contribution in [3.63, 3.8) is 0 Å². The minimum absolute atomic E-state index is 0.410. The molecule has 0 amide bonds. The van der Waals surface area contributed by atoms with Crippen LogP contribution in [0.2, 0.25) is 5.02 Å². The van der Waals surface area contributed by atoms with Crippen LogP contribution in [0, 0.1) is 5.92 Å². The summed E-state index contributed by atoms with van der Waals surface area (Å²) in [7, 11) is 1.72. The summed E-state index contributed by atoms with van der Waals surface area (Å²) in [4.78, 5) is 0. The van der Waals surface area contributed by atoms with Gasteiger partial charge >= 0.3 is 0 Å². The van der Waals surface area contributed by atoms with Crippen LogP contribution >= 0.6 is 11.6 Å². The third-order valence-corrected chi connectivity index (χ3v) is 3.49. The minimum atomic E-state index is 0.410. The lowest BCUT2D eigenvalue weighted by Gasteiger charge is -2.19. The van der Waals surface area contributed by atoms with Gasteiger partial charge in [0.2, 0.25) is 0 Å². The van der Waals surface area contributed by atoms with Crippen LogP contribution in [0.4, 0.5) is 0 Å². The average Bonchev–Trinajstić information content (AvgIpc) is 2.45. The van der Waals surface area contributed by atoms with Gasteiger partial charge in [-0.05, 0) is 36.0 Å². The van der Waals surface area contributed by atoms with Crippen molar-refractivity contribution in [3.05, 3.63) is 34.9 Å². The van der Waals surface area contributed by atoms with Crippen molar-refractivity contribution >= 4 is 11.6 Å². The van der Waals surface area contributed by atoms with Gasteiger partial charge in [-0.1, -0.05) is 37.6 Å². The third kappa shape index (κ3) is 8.42. The number of hydrogen-bond donors (Lipinski definition) is 1. The molecular formula is C17H28ClNO2. The number of methoxy groups -OCH3 is 1. The Morgan fingerprint density at radius 3 is 2.71 bits per heavy atom. The first-order chi connectivity index (χ1) is 10.1. The first-order valence-corrected chi connectivity index (χ1v) is 8.04. The summed E-state index contributed by atoms with van der Waals surface area (Å²) < 4.78 is 10.8. The molecule has 1 N–H and O–H groups in total. The molecule has 1 atom stereocenters. The van der Waals surface area contributed by atoms with Crippen molar-refractivity contribution in [2.24, 2.45) is 5.92 Å². The predicted molar refractivity (Wildman–Crippen MR) is 89.2 cm³/mol. The number of ether oxygens (including phenoxy) is 2. The first-order valence-electron chi connectivity index (χ1n) is 7.66. The molecule has 1 unspecified atom stereocenters. The fourth-order valence-corrected chi connectivity index (χ4v) is 2.34. The van der Waals surface area contributed by atoms with E-state index in [0.717, 1.165) is 44.4 Å². The molecule has 0 aliphatic heterocycles. The van der Waals surface area contributed by atoms with E-state index < -0.39 is 0 Å². The highest BCUT2D eigenvalue weighted by atomic mass is 35.5. The van der Waals surface area contributed by atoms with Gasteiger partial charge in [-0.3, -0.25) is 0 Å². The minimum Gasteiger partial charge on any atom is -0.383 e. The Balaban J connectivity index is 2.49. The van der Waals surface area contributed by atoms with E-state index in [0.29, 0.717) is 11.8 Å². The van der Waals surface area contributed by atoms with Crippen molar-refractivity contribution in [1.82, 2.24) is 5.32 Å². The molecular weight excluding hydrogens is 286 g/mol. The van der Waals surface area contributed by atoms with Crippen LogP contribution in [0.1, 0.15) is 31.7 Å². The standard InChI is InChI=1S/C17H28ClNO2/c1-14(2)13-21-9-7-16(12-19-8-10-20-3)15-5-4-6-17(18)11-15/h4-6,11,14,16,19H,7-10,12-13H2,1-3H3. The highest BCUT2D eigenvalue weighted by molar-refractivity contribution is 6.30. The molecule has 0 saturated carbocycles. The predicted octanol–water partition coefficient (Wildman–Crippen LogP) is 3.72. The Morgan fingerprint density at radius 1 is 1.24 bits per heavy atom. The van der Waals surface area contributed by atoms with Crippen LogP contribution in [-0.4, -0.2) is 40.0 Å². The maximum atomic E-state index is 6.10. The molecule has 0 bridgehead atoms. The molecule has 4 heteroatoms. The van der Waals surface area contributed by atoms with Gasteiger partial charge in [0.15, 0.2) is 0 Å². The molecule has 0 heterocycles. The summed E-state index contributed by atoms with van der Waals surface area (Å²) in [6, 6.07) is 8.11. The van der Waals surface area contributed by atoms with Crippen molar-refractivity contribution in [3.8, 4) is 0 Å². The molecule has 0 spiro atoms. The number of hydrogen-bond acceptors (Lipinski definition) is 3. The van der Waals surface area contributed by atoms with E-state index in [-0.39, 0.29) is 0 Å². The van der Waals surface area contributed by atoms with Gasteiger partial charge in [0.1, 0.15) is 0 Å². The van der Waals surface area contributed by atoms with Crippen LogP contribution in [0.25, 0.3) is 0 Å².